The number of nitrogen functional groups attached to an aromatic ring is 1. The molecule has 0 bridgehead atoms. The number of anilines is 2. The van der Waals surface area contributed by atoms with Crippen molar-refractivity contribution in [3.63, 3.8) is 0 Å². The van der Waals surface area contributed by atoms with Gasteiger partial charge in [0.1, 0.15) is 28.0 Å². The number of hydrogen-bond donors (Lipinski definition) is 3. The van der Waals surface area contributed by atoms with Gasteiger partial charge in [-0.3, -0.25) is 9.52 Å². The molecule has 0 saturated heterocycles. The lowest BCUT2D eigenvalue weighted by atomic mass is 9.97. The fourth-order valence-corrected chi connectivity index (χ4v) is 5.78. The standard InChI is InChI=1S/C29H22ClF2N5O4S/c1-41-29-25(37-42(39,40)26-7-4-20(31)12-23(26)32)11-19(14-35-29)15-3-6-24-17(8-15)10-22(27(33)36-24)16-2-5-21(28(34)38)18(9-16)13-30/h2-12,14,37H,13H2,1H3,(H2,33,36)(H2,34,38). The summed E-state index contributed by atoms with van der Waals surface area (Å²) in [6.45, 7) is 0. The molecule has 9 nitrogen and oxygen atoms in total. The molecular weight excluding hydrogens is 588 g/mol. The van der Waals surface area contributed by atoms with Crippen LogP contribution in [0.2, 0.25) is 0 Å². The monoisotopic (exact) mass is 609 g/mol. The number of aromatic nitrogens is 2. The third-order valence-electron chi connectivity index (χ3n) is 6.48. The molecule has 0 spiro atoms. The summed E-state index contributed by atoms with van der Waals surface area (Å²) in [4.78, 5) is 19.7. The first-order valence-corrected chi connectivity index (χ1v) is 14.2. The molecule has 1 amide bonds. The number of ether oxygens (including phenoxy) is 1. The van der Waals surface area contributed by atoms with Crippen molar-refractivity contribution in [1.82, 2.24) is 9.97 Å². The van der Waals surface area contributed by atoms with Crippen LogP contribution in [-0.4, -0.2) is 31.4 Å². The van der Waals surface area contributed by atoms with Gasteiger partial charge < -0.3 is 16.2 Å². The molecular formula is C29H22ClF2N5O4S. The Bertz CT molecular complexity index is 1990. The number of rotatable bonds is 8. The highest BCUT2D eigenvalue weighted by Crippen LogP contribution is 2.34. The summed E-state index contributed by atoms with van der Waals surface area (Å²) in [5.74, 6) is -2.48. The van der Waals surface area contributed by atoms with Gasteiger partial charge in [0.25, 0.3) is 10.0 Å². The third kappa shape index (κ3) is 5.54. The maximum absolute atomic E-state index is 14.3. The first-order chi connectivity index (χ1) is 20.0. The van der Waals surface area contributed by atoms with E-state index < -0.39 is 32.5 Å². The lowest BCUT2D eigenvalue weighted by molar-refractivity contribution is 0.0999. The minimum atomic E-state index is -4.46. The van der Waals surface area contributed by atoms with Gasteiger partial charge in [0, 0.05) is 40.2 Å². The zero-order chi connectivity index (χ0) is 30.2. The number of nitrogens with zero attached hydrogens (tertiary/aromatic N) is 2. The predicted molar refractivity (Wildman–Crippen MR) is 157 cm³/mol. The molecule has 42 heavy (non-hydrogen) atoms. The van der Waals surface area contributed by atoms with E-state index in [1.165, 1.54) is 19.4 Å². The largest absolute Gasteiger partial charge is 0.480 e. The van der Waals surface area contributed by atoms with Gasteiger partial charge in [0.05, 0.1) is 12.6 Å². The summed E-state index contributed by atoms with van der Waals surface area (Å²) in [5, 5.41) is 0.703. The van der Waals surface area contributed by atoms with Gasteiger partial charge >= 0.3 is 0 Å². The third-order valence-corrected chi connectivity index (χ3v) is 8.16. The highest BCUT2D eigenvalue weighted by Gasteiger charge is 2.22. The molecule has 13 heteroatoms. The van der Waals surface area contributed by atoms with Gasteiger partial charge in [0.2, 0.25) is 11.8 Å². The Morgan fingerprint density at radius 3 is 2.45 bits per heavy atom. The van der Waals surface area contributed by atoms with Crippen LogP contribution in [0.4, 0.5) is 20.3 Å². The summed E-state index contributed by atoms with van der Waals surface area (Å²) >= 11 is 6.04. The summed E-state index contributed by atoms with van der Waals surface area (Å²) in [6.07, 6.45) is 1.48. The van der Waals surface area contributed by atoms with Crippen LogP contribution in [0.25, 0.3) is 33.2 Å². The molecule has 5 N–H and O–H groups in total. The van der Waals surface area contributed by atoms with Crippen LogP contribution < -0.4 is 20.9 Å². The Labute approximate surface area is 244 Å². The SMILES string of the molecule is COc1ncc(-c2ccc3nc(N)c(-c4ccc(C(N)=O)c(CCl)c4)cc3c2)cc1NS(=O)(=O)c1ccc(F)cc1F. The van der Waals surface area contributed by atoms with Crippen molar-refractivity contribution in [2.24, 2.45) is 5.73 Å². The first kappa shape index (κ1) is 28.7. The number of methoxy groups -OCH3 is 1. The highest BCUT2D eigenvalue weighted by atomic mass is 35.5. The topological polar surface area (TPSA) is 150 Å². The van der Waals surface area contributed by atoms with Crippen LogP contribution >= 0.6 is 11.6 Å². The van der Waals surface area contributed by atoms with Gasteiger partial charge in [-0.25, -0.2) is 27.2 Å². The number of amides is 1. The number of sulfonamides is 1. The summed E-state index contributed by atoms with van der Waals surface area (Å²) in [6, 6.07) is 15.8. The molecule has 0 aliphatic carbocycles. The van der Waals surface area contributed by atoms with Crippen molar-refractivity contribution in [2.45, 2.75) is 10.8 Å². The Kier molecular flexibility index (Phi) is 7.67. The van der Waals surface area contributed by atoms with Crippen molar-refractivity contribution < 1.29 is 26.7 Å². The van der Waals surface area contributed by atoms with Gasteiger partial charge in [0.15, 0.2) is 0 Å². The van der Waals surface area contributed by atoms with E-state index in [9.17, 15) is 22.0 Å². The molecule has 0 atom stereocenters. The van der Waals surface area contributed by atoms with Gasteiger partial charge in [-0.2, -0.15) is 0 Å². The number of primary amides is 1. The van der Waals surface area contributed by atoms with Gasteiger partial charge in [-0.05, 0) is 65.2 Å². The Morgan fingerprint density at radius 2 is 1.76 bits per heavy atom. The van der Waals surface area contributed by atoms with Crippen LogP contribution in [0.1, 0.15) is 15.9 Å². The number of nitrogens with one attached hydrogen (secondary N) is 1. The fourth-order valence-electron chi connectivity index (χ4n) is 4.45. The van der Waals surface area contributed by atoms with Crippen molar-refractivity contribution in [3.8, 4) is 28.1 Å². The molecule has 2 aromatic heterocycles. The zero-order valence-electron chi connectivity index (χ0n) is 21.9. The van der Waals surface area contributed by atoms with Crippen LogP contribution in [-0.2, 0) is 15.9 Å². The van der Waals surface area contributed by atoms with E-state index in [0.29, 0.717) is 50.4 Å². The highest BCUT2D eigenvalue weighted by molar-refractivity contribution is 7.92. The van der Waals surface area contributed by atoms with Crippen LogP contribution in [0.3, 0.4) is 0 Å². The predicted octanol–water partition coefficient (Wildman–Crippen LogP) is 5.47. The van der Waals surface area contributed by atoms with Gasteiger partial charge in [-0.1, -0.05) is 12.1 Å². The summed E-state index contributed by atoms with van der Waals surface area (Å²) in [7, 11) is -3.15. The molecule has 2 heterocycles. The van der Waals surface area contributed by atoms with Gasteiger partial charge in [-0.15, -0.1) is 11.6 Å². The number of hydrogen-bond acceptors (Lipinski definition) is 7. The second kappa shape index (κ2) is 11.2. The van der Waals surface area contributed by atoms with E-state index in [1.807, 2.05) is 12.1 Å². The quantitative estimate of drug-likeness (QED) is 0.197. The Balaban J connectivity index is 1.55. The average molecular weight is 610 g/mol. The summed E-state index contributed by atoms with van der Waals surface area (Å²) in [5.41, 5.74) is 15.5. The smallest absolute Gasteiger partial charge is 0.264 e. The molecule has 214 valence electrons. The maximum atomic E-state index is 14.3. The number of nitrogens with two attached hydrogens (primary N) is 2. The normalized spacial score (nSPS) is 11.4. The van der Waals surface area contributed by atoms with E-state index >= 15 is 0 Å². The molecule has 3 aromatic carbocycles. The van der Waals surface area contributed by atoms with Crippen molar-refractivity contribution in [1.29, 1.82) is 0 Å². The second-order valence-corrected chi connectivity index (χ2v) is 11.1. The first-order valence-electron chi connectivity index (χ1n) is 12.2. The van der Waals surface area contributed by atoms with Crippen LogP contribution in [0, 0.1) is 11.6 Å². The lowest BCUT2D eigenvalue weighted by Gasteiger charge is -2.14. The second-order valence-electron chi connectivity index (χ2n) is 9.16. The van der Waals surface area contributed by atoms with E-state index in [4.69, 9.17) is 27.8 Å². The molecule has 0 aliphatic heterocycles. The minimum Gasteiger partial charge on any atom is -0.480 e. The van der Waals surface area contributed by atoms with E-state index in [0.717, 1.165) is 12.1 Å². The molecule has 0 saturated carbocycles. The number of halogens is 3. The van der Waals surface area contributed by atoms with Crippen molar-refractivity contribution in [3.05, 3.63) is 95.7 Å². The molecule has 0 aliphatic rings. The number of pyridine rings is 2. The number of alkyl halides is 1. The Hall–Kier alpha value is -4.81. The molecule has 0 unspecified atom stereocenters. The zero-order valence-corrected chi connectivity index (χ0v) is 23.4. The number of carbonyl (C=O) groups excluding carboxylic acids is 1. The molecule has 0 radical (unpaired) electrons. The van der Waals surface area contributed by atoms with E-state index in [2.05, 4.69) is 14.7 Å². The average Bonchev–Trinajstić information content (AvgIpc) is 2.95. The maximum Gasteiger partial charge on any atom is 0.264 e. The van der Waals surface area contributed by atoms with Crippen LogP contribution in [0.15, 0.2) is 77.8 Å². The number of fused-ring (bicyclic) bond motifs is 1. The molecule has 5 rings (SSSR count). The lowest BCUT2D eigenvalue weighted by Crippen LogP contribution is -2.15. The Morgan fingerprint density at radius 1 is 1.00 bits per heavy atom. The van der Waals surface area contributed by atoms with E-state index in [1.54, 1.807) is 30.3 Å². The minimum absolute atomic E-state index is 0.0573. The number of carbonyl (C=O) groups is 1. The fraction of sp³-hybridized carbons (Fsp3) is 0.0690. The van der Waals surface area contributed by atoms with Crippen LogP contribution in [0.5, 0.6) is 5.88 Å². The number of benzene rings is 3. The molecule has 0 fully saturated rings. The molecule has 5 aromatic rings. The van der Waals surface area contributed by atoms with E-state index in [-0.39, 0.29) is 23.3 Å². The summed E-state index contributed by atoms with van der Waals surface area (Å²) < 4.78 is 60.9. The van der Waals surface area contributed by atoms with Crippen molar-refractivity contribution in [2.75, 3.05) is 17.6 Å². The van der Waals surface area contributed by atoms with Crippen molar-refractivity contribution >= 4 is 49.9 Å².